The predicted molar refractivity (Wildman–Crippen MR) is 70.5 cm³/mol. The third-order valence-corrected chi connectivity index (χ3v) is 2.92. The molecule has 1 amide bonds. The van der Waals surface area contributed by atoms with Gasteiger partial charge in [0, 0.05) is 32.3 Å². The summed E-state index contributed by atoms with van der Waals surface area (Å²) in [7, 11) is 0. The Balaban J connectivity index is 1.85. The Morgan fingerprint density at radius 3 is 2.86 bits per heavy atom. The number of hydrogen-bond donors (Lipinski definition) is 2. The Bertz CT molecular complexity index is 572. The normalized spacial score (nSPS) is 21.5. The summed E-state index contributed by atoms with van der Waals surface area (Å²) >= 11 is 0. The van der Waals surface area contributed by atoms with Crippen LogP contribution in [0.2, 0.25) is 0 Å². The van der Waals surface area contributed by atoms with Crippen LogP contribution < -0.4 is 5.32 Å². The van der Waals surface area contributed by atoms with Gasteiger partial charge >= 0.3 is 5.97 Å². The first-order chi connectivity index (χ1) is 9.95. The fourth-order valence-corrected chi connectivity index (χ4v) is 1.95. The van der Waals surface area contributed by atoms with E-state index in [2.05, 4.69) is 5.32 Å². The Hall–Kier alpha value is -2.57. The highest BCUT2D eigenvalue weighted by molar-refractivity contribution is 6.03. The molecule has 0 radical (unpaired) electrons. The van der Waals surface area contributed by atoms with Crippen molar-refractivity contribution in [2.75, 3.05) is 0 Å². The molecular formula is C14H15NO6. The van der Waals surface area contributed by atoms with Gasteiger partial charge < -0.3 is 19.9 Å². The van der Waals surface area contributed by atoms with Crippen LogP contribution in [0.4, 0.5) is 0 Å². The van der Waals surface area contributed by atoms with E-state index in [0.717, 1.165) is 0 Å². The maximum Gasteiger partial charge on any atom is 0.305 e. The molecule has 0 aromatic carbocycles. The summed E-state index contributed by atoms with van der Waals surface area (Å²) in [5.41, 5.74) is 0.631. The van der Waals surface area contributed by atoms with Crippen LogP contribution in [0.25, 0.3) is 0 Å². The molecule has 0 spiro atoms. The molecular weight excluding hydrogens is 278 g/mol. The van der Waals surface area contributed by atoms with Gasteiger partial charge in [0.15, 0.2) is 5.78 Å². The monoisotopic (exact) mass is 293 g/mol. The predicted octanol–water partition coefficient (Wildman–Crippen LogP) is 0.985. The Morgan fingerprint density at radius 2 is 2.24 bits per heavy atom. The first kappa shape index (κ1) is 14.8. The van der Waals surface area contributed by atoms with Crippen LogP contribution in [-0.2, 0) is 23.9 Å². The number of aliphatic hydroxyl groups is 1. The van der Waals surface area contributed by atoms with Crippen molar-refractivity contribution in [3.8, 4) is 0 Å². The number of carbonyl (C=O) groups is 3. The zero-order chi connectivity index (χ0) is 15.4. The van der Waals surface area contributed by atoms with Gasteiger partial charge in [0.1, 0.15) is 11.5 Å². The quantitative estimate of drug-likeness (QED) is 0.592. The molecule has 1 atom stereocenters. The molecule has 2 rings (SSSR count). The average molecular weight is 293 g/mol. The Kier molecular flexibility index (Phi) is 4.42. The molecule has 0 aromatic heterocycles. The van der Waals surface area contributed by atoms with Crippen molar-refractivity contribution in [3.05, 3.63) is 35.4 Å². The SMILES string of the molecule is CC(=O)O[C@@H]1CC(C=CC(=O)NC2=C(O)CCC2=O)=CO1. The van der Waals surface area contributed by atoms with Crippen LogP contribution >= 0.6 is 0 Å². The molecule has 0 unspecified atom stereocenters. The van der Waals surface area contributed by atoms with E-state index < -0.39 is 18.2 Å². The molecule has 0 saturated carbocycles. The number of rotatable bonds is 4. The molecule has 0 aromatic rings. The van der Waals surface area contributed by atoms with Gasteiger partial charge in [0.2, 0.25) is 12.2 Å². The Morgan fingerprint density at radius 1 is 1.48 bits per heavy atom. The zero-order valence-corrected chi connectivity index (χ0v) is 11.4. The van der Waals surface area contributed by atoms with Gasteiger partial charge in [0.25, 0.3) is 0 Å². The first-order valence-corrected chi connectivity index (χ1v) is 6.42. The van der Waals surface area contributed by atoms with Gasteiger partial charge in [-0.15, -0.1) is 0 Å². The maximum absolute atomic E-state index is 11.7. The molecule has 0 saturated heterocycles. The van der Waals surface area contributed by atoms with Crippen molar-refractivity contribution >= 4 is 17.7 Å². The minimum Gasteiger partial charge on any atom is -0.510 e. The van der Waals surface area contributed by atoms with Crippen LogP contribution in [0.5, 0.6) is 0 Å². The second-order valence-electron chi connectivity index (χ2n) is 4.64. The van der Waals surface area contributed by atoms with Gasteiger partial charge in [0.05, 0.1) is 6.26 Å². The summed E-state index contributed by atoms with van der Waals surface area (Å²) in [6, 6.07) is 0. The topological polar surface area (TPSA) is 102 Å². The highest BCUT2D eigenvalue weighted by atomic mass is 16.7. The number of carbonyl (C=O) groups excluding carboxylic acids is 3. The number of hydrogen-bond acceptors (Lipinski definition) is 6. The molecule has 1 aliphatic heterocycles. The van der Waals surface area contributed by atoms with E-state index in [9.17, 15) is 19.5 Å². The van der Waals surface area contributed by atoms with Crippen LogP contribution in [0.3, 0.4) is 0 Å². The highest BCUT2D eigenvalue weighted by Gasteiger charge is 2.24. The zero-order valence-electron chi connectivity index (χ0n) is 11.4. The smallest absolute Gasteiger partial charge is 0.305 e. The van der Waals surface area contributed by atoms with Crippen molar-refractivity contribution in [1.29, 1.82) is 0 Å². The third kappa shape index (κ3) is 3.95. The van der Waals surface area contributed by atoms with Crippen LogP contribution in [0.15, 0.2) is 35.4 Å². The molecule has 0 fully saturated rings. The van der Waals surface area contributed by atoms with E-state index in [1.165, 1.54) is 25.3 Å². The van der Waals surface area contributed by atoms with Gasteiger partial charge in [-0.1, -0.05) is 6.08 Å². The number of ketones is 1. The minimum atomic E-state index is -0.673. The third-order valence-electron chi connectivity index (χ3n) is 2.92. The highest BCUT2D eigenvalue weighted by Crippen LogP contribution is 2.20. The molecule has 112 valence electrons. The number of nitrogens with one attached hydrogen (secondary N) is 1. The van der Waals surface area contributed by atoms with E-state index in [4.69, 9.17) is 9.47 Å². The van der Waals surface area contributed by atoms with Gasteiger partial charge in [-0.2, -0.15) is 0 Å². The number of amides is 1. The van der Waals surface area contributed by atoms with Crippen molar-refractivity contribution < 1.29 is 29.0 Å². The number of Topliss-reactive ketones (excluding diaryl/α,β-unsaturated/α-hetero) is 1. The minimum absolute atomic E-state index is 0.0425. The summed E-state index contributed by atoms with van der Waals surface area (Å²) in [4.78, 5) is 33.8. The van der Waals surface area contributed by atoms with Crippen molar-refractivity contribution in [1.82, 2.24) is 5.32 Å². The van der Waals surface area contributed by atoms with Gasteiger partial charge in [-0.25, -0.2) is 0 Å². The van der Waals surface area contributed by atoms with Crippen LogP contribution in [-0.4, -0.2) is 29.1 Å². The molecule has 7 nitrogen and oxygen atoms in total. The lowest BCUT2D eigenvalue weighted by Crippen LogP contribution is -2.24. The molecule has 2 N–H and O–H groups in total. The summed E-state index contributed by atoms with van der Waals surface area (Å²) in [5, 5.41) is 11.8. The summed E-state index contributed by atoms with van der Waals surface area (Å²) in [5.74, 6) is -1.35. The lowest BCUT2D eigenvalue weighted by molar-refractivity contribution is -0.163. The Labute approximate surface area is 120 Å². The van der Waals surface area contributed by atoms with E-state index in [1.54, 1.807) is 0 Å². The second kappa shape index (κ2) is 6.25. The molecule has 21 heavy (non-hydrogen) atoms. The van der Waals surface area contributed by atoms with Crippen molar-refractivity contribution in [2.45, 2.75) is 32.5 Å². The van der Waals surface area contributed by atoms with Crippen LogP contribution in [0, 0.1) is 0 Å². The van der Waals surface area contributed by atoms with Crippen molar-refractivity contribution in [3.63, 3.8) is 0 Å². The first-order valence-electron chi connectivity index (χ1n) is 6.42. The van der Waals surface area contributed by atoms with E-state index in [1.807, 2.05) is 0 Å². The lowest BCUT2D eigenvalue weighted by atomic mass is 10.2. The van der Waals surface area contributed by atoms with E-state index in [0.29, 0.717) is 12.0 Å². The molecule has 0 bridgehead atoms. The summed E-state index contributed by atoms with van der Waals surface area (Å²) in [6.07, 6.45) is 4.24. The average Bonchev–Trinajstić information content (AvgIpc) is 2.97. The molecule has 1 heterocycles. The number of allylic oxidation sites excluding steroid dienone is 3. The summed E-state index contributed by atoms with van der Waals surface area (Å²) in [6.45, 7) is 1.28. The fraction of sp³-hybridized carbons (Fsp3) is 0.357. The van der Waals surface area contributed by atoms with E-state index in [-0.39, 0.29) is 30.1 Å². The molecule has 1 aliphatic carbocycles. The standard InChI is InChI=1S/C14H15NO6/c1-8(16)21-13-6-9(7-20-13)2-5-12(19)15-14-10(17)3-4-11(14)18/h2,5,7,13,17H,3-4,6H2,1H3,(H,15,19)/t13-/m1/s1. The van der Waals surface area contributed by atoms with Crippen LogP contribution in [0.1, 0.15) is 26.2 Å². The molecule has 7 heteroatoms. The lowest BCUT2D eigenvalue weighted by Gasteiger charge is -2.08. The largest absolute Gasteiger partial charge is 0.510 e. The number of ether oxygens (including phenoxy) is 2. The maximum atomic E-state index is 11.7. The fourth-order valence-electron chi connectivity index (χ4n) is 1.95. The van der Waals surface area contributed by atoms with Gasteiger partial charge in [-0.3, -0.25) is 14.4 Å². The van der Waals surface area contributed by atoms with Crippen molar-refractivity contribution in [2.24, 2.45) is 0 Å². The van der Waals surface area contributed by atoms with Gasteiger partial charge in [-0.05, 0) is 5.57 Å². The summed E-state index contributed by atoms with van der Waals surface area (Å²) < 4.78 is 9.94. The van der Waals surface area contributed by atoms with E-state index >= 15 is 0 Å². The molecule has 2 aliphatic rings. The second-order valence-corrected chi connectivity index (χ2v) is 4.64. The number of aliphatic hydroxyl groups excluding tert-OH is 1. The number of esters is 1.